The fourth-order valence-electron chi connectivity index (χ4n) is 5.49. The van der Waals surface area contributed by atoms with E-state index >= 15 is 0 Å². The molecule has 0 aliphatic heterocycles. The second-order valence-corrected chi connectivity index (χ2v) is 8.17. The van der Waals surface area contributed by atoms with E-state index in [4.69, 9.17) is 0 Å². The molecule has 0 saturated carbocycles. The van der Waals surface area contributed by atoms with Crippen molar-refractivity contribution in [2.24, 2.45) is 11.8 Å². The number of aryl methyl sites for hydroxylation is 1. The van der Waals surface area contributed by atoms with Crippen molar-refractivity contribution in [3.63, 3.8) is 0 Å². The standard InChI is InChI=1S/C26H25NO/c1-3-18-23-19-8-4-6-10-21(19)24(22-11-7-5-9-20(22)23)25(18)26(28)27-17-14-12-16(2)13-15-17/h4-15,18,23-25H,3H2,1-2H3,(H,27,28)/t18-,23?,24?,25-/m0/s1. The molecule has 3 aromatic carbocycles. The minimum absolute atomic E-state index is 0.0406. The Morgan fingerprint density at radius 1 is 0.786 bits per heavy atom. The maximum absolute atomic E-state index is 13.5. The molecule has 140 valence electrons. The summed E-state index contributed by atoms with van der Waals surface area (Å²) in [6.07, 6.45) is 0.996. The molecule has 3 aromatic rings. The number of rotatable bonds is 3. The maximum Gasteiger partial charge on any atom is 0.228 e. The smallest absolute Gasteiger partial charge is 0.228 e. The van der Waals surface area contributed by atoms with Crippen LogP contribution in [-0.4, -0.2) is 5.91 Å². The van der Waals surface area contributed by atoms with Gasteiger partial charge in [0.2, 0.25) is 5.91 Å². The second-order valence-electron chi connectivity index (χ2n) is 8.17. The van der Waals surface area contributed by atoms with Gasteiger partial charge < -0.3 is 5.32 Å². The highest BCUT2D eigenvalue weighted by Crippen LogP contribution is 2.59. The Bertz CT molecular complexity index is 989. The third-order valence-electron chi connectivity index (χ3n) is 6.67. The Labute approximate surface area is 166 Å². The Morgan fingerprint density at radius 3 is 1.79 bits per heavy atom. The van der Waals surface area contributed by atoms with Crippen LogP contribution < -0.4 is 5.32 Å². The van der Waals surface area contributed by atoms with Crippen LogP contribution in [0.4, 0.5) is 5.69 Å². The molecule has 2 atom stereocenters. The van der Waals surface area contributed by atoms with Crippen LogP contribution in [0.2, 0.25) is 0 Å². The van der Waals surface area contributed by atoms with Gasteiger partial charge in [0.25, 0.3) is 0 Å². The first-order valence-electron chi connectivity index (χ1n) is 10.2. The average Bonchev–Trinajstić information content (AvgIpc) is 2.74. The lowest BCUT2D eigenvalue weighted by molar-refractivity contribution is -0.122. The number of carbonyl (C=O) groups is 1. The third-order valence-corrected chi connectivity index (χ3v) is 6.67. The molecule has 0 unspecified atom stereocenters. The van der Waals surface area contributed by atoms with Crippen LogP contribution in [0.1, 0.15) is 53.0 Å². The number of fused-ring (bicyclic) bond motifs is 1. The number of nitrogens with one attached hydrogen (secondary N) is 1. The van der Waals surface area contributed by atoms with E-state index in [0.717, 1.165) is 12.1 Å². The quantitative estimate of drug-likeness (QED) is 0.616. The van der Waals surface area contributed by atoms with Crippen molar-refractivity contribution in [2.45, 2.75) is 32.1 Å². The van der Waals surface area contributed by atoms with Crippen molar-refractivity contribution in [1.82, 2.24) is 0 Å². The maximum atomic E-state index is 13.5. The van der Waals surface area contributed by atoms with Crippen LogP contribution in [0.25, 0.3) is 0 Å². The summed E-state index contributed by atoms with van der Waals surface area (Å²) in [5.74, 6) is 0.861. The van der Waals surface area contributed by atoms with Gasteiger partial charge in [-0.25, -0.2) is 0 Å². The number of hydrogen-bond acceptors (Lipinski definition) is 1. The van der Waals surface area contributed by atoms with Gasteiger partial charge in [-0.15, -0.1) is 0 Å². The van der Waals surface area contributed by atoms with E-state index in [1.807, 2.05) is 24.3 Å². The van der Waals surface area contributed by atoms with Crippen molar-refractivity contribution in [3.8, 4) is 0 Å². The highest BCUT2D eigenvalue weighted by molar-refractivity contribution is 5.94. The summed E-state index contributed by atoms with van der Waals surface area (Å²) < 4.78 is 0. The highest BCUT2D eigenvalue weighted by Gasteiger charge is 2.51. The van der Waals surface area contributed by atoms with E-state index in [9.17, 15) is 4.79 Å². The van der Waals surface area contributed by atoms with E-state index < -0.39 is 0 Å². The van der Waals surface area contributed by atoms with Crippen LogP contribution in [0, 0.1) is 18.8 Å². The number of amides is 1. The van der Waals surface area contributed by atoms with Crippen molar-refractivity contribution < 1.29 is 4.79 Å². The molecule has 0 heterocycles. The van der Waals surface area contributed by atoms with Crippen molar-refractivity contribution in [3.05, 3.63) is 101 Å². The summed E-state index contributed by atoms with van der Waals surface area (Å²) in [5, 5.41) is 3.21. The molecule has 0 saturated heterocycles. The average molecular weight is 367 g/mol. The van der Waals surface area contributed by atoms with E-state index in [1.165, 1.54) is 27.8 Å². The van der Waals surface area contributed by atoms with Crippen molar-refractivity contribution in [2.75, 3.05) is 5.32 Å². The highest BCUT2D eigenvalue weighted by atomic mass is 16.1. The molecular formula is C26H25NO. The van der Waals surface area contributed by atoms with E-state index in [0.29, 0.717) is 11.8 Å². The van der Waals surface area contributed by atoms with Gasteiger partial charge >= 0.3 is 0 Å². The summed E-state index contributed by atoms with van der Waals surface area (Å²) in [6, 6.07) is 25.5. The van der Waals surface area contributed by atoms with Gasteiger partial charge in [-0.3, -0.25) is 4.79 Å². The van der Waals surface area contributed by atoms with Crippen LogP contribution in [-0.2, 0) is 4.79 Å². The number of hydrogen-bond donors (Lipinski definition) is 1. The van der Waals surface area contributed by atoms with Crippen molar-refractivity contribution >= 4 is 11.6 Å². The van der Waals surface area contributed by atoms with Gasteiger partial charge in [-0.1, -0.05) is 79.6 Å². The van der Waals surface area contributed by atoms with Crippen LogP contribution in [0.15, 0.2) is 72.8 Å². The van der Waals surface area contributed by atoms with Gasteiger partial charge in [0.05, 0.1) is 5.92 Å². The van der Waals surface area contributed by atoms with Gasteiger partial charge in [-0.05, 0) is 47.2 Å². The first kappa shape index (κ1) is 17.2. The molecule has 0 spiro atoms. The molecule has 2 heteroatoms. The minimum Gasteiger partial charge on any atom is -0.326 e. The van der Waals surface area contributed by atoms with Crippen LogP contribution in [0.3, 0.4) is 0 Å². The second kappa shape index (κ2) is 6.63. The topological polar surface area (TPSA) is 29.1 Å². The number of anilines is 1. The summed E-state index contributed by atoms with van der Waals surface area (Å²) in [7, 11) is 0. The van der Waals surface area contributed by atoms with E-state index in [-0.39, 0.29) is 17.7 Å². The number of benzene rings is 3. The SMILES string of the molecule is CC[C@H]1C2c3ccccc3C(c3ccccc32)[C@H]1C(=O)Nc1ccc(C)cc1. The Kier molecular flexibility index (Phi) is 4.08. The Hall–Kier alpha value is -2.87. The summed E-state index contributed by atoms with van der Waals surface area (Å²) in [5.41, 5.74) is 7.58. The first-order chi connectivity index (χ1) is 13.7. The normalized spacial score (nSPS) is 24.4. The van der Waals surface area contributed by atoms with Gasteiger partial charge in [0, 0.05) is 17.5 Å². The molecule has 2 bridgehead atoms. The predicted molar refractivity (Wildman–Crippen MR) is 114 cm³/mol. The Morgan fingerprint density at radius 2 is 1.29 bits per heavy atom. The van der Waals surface area contributed by atoms with Crippen molar-refractivity contribution in [1.29, 1.82) is 0 Å². The fraction of sp³-hybridized carbons (Fsp3) is 0.269. The summed E-state index contributed by atoms with van der Waals surface area (Å²) in [6.45, 7) is 4.29. The van der Waals surface area contributed by atoms with Gasteiger partial charge in [0.15, 0.2) is 0 Å². The Balaban J connectivity index is 1.61. The lowest BCUT2D eigenvalue weighted by Crippen LogP contribution is -2.45. The molecule has 0 aromatic heterocycles. The predicted octanol–water partition coefficient (Wildman–Crippen LogP) is 5.87. The molecule has 0 fully saturated rings. The van der Waals surface area contributed by atoms with Crippen LogP contribution >= 0.6 is 0 Å². The molecule has 0 radical (unpaired) electrons. The molecule has 28 heavy (non-hydrogen) atoms. The van der Waals surface area contributed by atoms with Gasteiger partial charge in [-0.2, -0.15) is 0 Å². The number of carbonyl (C=O) groups excluding carboxylic acids is 1. The molecule has 2 nitrogen and oxygen atoms in total. The molecule has 3 aliphatic carbocycles. The zero-order valence-electron chi connectivity index (χ0n) is 16.4. The summed E-state index contributed by atoms with van der Waals surface area (Å²) in [4.78, 5) is 13.5. The lowest BCUT2D eigenvalue weighted by Gasteiger charge is -2.50. The van der Waals surface area contributed by atoms with Gasteiger partial charge in [0.1, 0.15) is 0 Å². The third kappa shape index (κ3) is 2.51. The first-order valence-corrected chi connectivity index (χ1v) is 10.2. The zero-order chi connectivity index (χ0) is 19.3. The van der Waals surface area contributed by atoms with E-state index in [2.05, 4.69) is 67.7 Å². The molecule has 1 N–H and O–H groups in total. The molecule has 1 amide bonds. The minimum atomic E-state index is -0.0406. The van der Waals surface area contributed by atoms with Crippen LogP contribution in [0.5, 0.6) is 0 Å². The summed E-state index contributed by atoms with van der Waals surface area (Å²) >= 11 is 0. The lowest BCUT2D eigenvalue weighted by atomic mass is 9.53. The molecule has 3 aliphatic rings. The van der Waals surface area contributed by atoms with E-state index in [1.54, 1.807) is 0 Å². The fourth-order valence-corrected chi connectivity index (χ4v) is 5.49. The molecule has 6 rings (SSSR count). The zero-order valence-corrected chi connectivity index (χ0v) is 16.4. The largest absolute Gasteiger partial charge is 0.326 e. The molecular weight excluding hydrogens is 342 g/mol. The monoisotopic (exact) mass is 367 g/mol.